The summed E-state index contributed by atoms with van der Waals surface area (Å²) in [6.45, 7) is 2.08. The predicted molar refractivity (Wildman–Crippen MR) is 61.3 cm³/mol. The molecule has 0 unspecified atom stereocenters. The van der Waals surface area contributed by atoms with E-state index in [1.54, 1.807) is 13.2 Å². The highest BCUT2D eigenvalue weighted by molar-refractivity contribution is 6.05. The van der Waals surface area contributed by atoms with Gasteiger partial charge in [-0.15, -0.1) is 0 Å². The fraction of sp³-hybridized carbons (Fsp3) is 0.308. The van der Waals surface area contributed by atoms with E-state index in [0.717, 1.165) is 18.4 Å². The summed E-state index contributed by atoms with van der Waals surface area (Å²) < 4.78 is 10.4. The molecule has 0 saturated carbocycles. The van der Waals surface area contributed by atoms with Gasteiger partial charge in [0.25, 0.3) is 0 Å². The van der Waals surface area contributed by atoms with Gasteiger partial charge in [-0.1, -0.05) is 25.5 Å². The number of carbonyl (C=O) groups is 1. The zero-order valence-corrected chi connectivity index (χ0v) is 9.45. The summed E-state index contributed by atoms with van der Waals surface area (Å²) in [4.78, 5) is 11.7. The zero-order chi connectivity index (χ0) is 11.5. The Labute approximate surface area is 94.7 Å². The second kappa shape index (κ2) is 4.39. The van der Waals surface area contributed by atoms with Gasteiger partial charge in [0.15, 0.2) is 0 Å². The van der Waals surface area contributed by atoms with E-state index < -0.39 is 0 Å². The molecule has 0 N–H and O–H groups in total. The minimum absolute atomic E-state index is 0.324. The lowest BCUT2D eigenvalue weighted by atomic mass is 10.1. The highest BCUT2D eigenvalue weighted by atomic mass is 16.5. The number of rotatable bonds is 3. The second-order valence-corrected chi connectivity index (χ2v) is 3.63. The summed E-state index contributed by atoms with van der Waals surface area (Å²) in [5.74, 6) is 0.901. The molecule has 0 aromatic heterocycles. The SMILES string of the molecule is CCCC=C1OC(=O)c2c(OC)cccc21. The van der Waals surface area contributed by atoms with Gasteiger partial charge in [0.05, 0.1) is 7.11 Å². The number of esters is 1. The highest BCUT2D eigenvalue weighted by Crippen LogP contribution is 2.35. The molecule has 0 spiro atoms. The molecule has 1 aromatic carbocycles. The molecule has 2 rings (SSSR count). The van der Waals surface area contributed by atoms with Crippen LogP contribution in [0.2, 0.25) is 0 Å². The predicted octanol–water partition coefficient (Wildman–Crippen LogP) is 3.01. The first-order valence-electron chi connectivity index (χ1n) is 5.37. The molecule has 0 atom stereocenters. The van der Waals surface area contributed by atoms with Crippen molar-refractivity contribution in [3.05, 3.63) is 35.4 Å². The Balaban J connectivity index is 2.47. The van der Waals surface area contributed by atoms with E-state index in [9.17, 15) is 4.79 Å². The number of hydrogen-bond acceptors (Lipinski definition) is 3. The zero-order valence-electron chi connectivity index (χ0n) is 9.45. The first-order valence-corrected chi connectivity index (χ1v) is 5.37. The highest BCUT2D eigenvalue weighted by Gasteiger charge is 2.29. The maximum atomic E-state index is 11.7. The third kappa shape index (κ3) is 1.69. The Morgan fingerprint density at radius 1 is 1.44 bits per heavy atom. The van der Waals surface area contributed by atoms with E-state index in [1.807, 2.05) is 18.2 Å². The molecule has 1 aromatic rings. The normalized spacial score (nSPS) is 16.1. The fourth-order valence-electron chi connectivity index (χ4n) is 1.75. The minimum atomic E-state index is -0.324. The number of hydrogen-bond donors (Lipinski definition) is 0. The topological polar surface area (TPSA) is 35.5 Å². The Kier molecular flexibility index (Phi) is 2.95. The van der Waals surface area contributed by atoms with E-state index in [-0.39, 0.29) is 5.97 Å². The van der Waals surface area contributed by atoms with Crippen LogP contribution in [0.15, 0.2) is 24.3 Å². The van der Waals surface area contributed by atoms with Crippen LogP contribution in [0, 0.1) is 0 Å². The van der Waals surface area contributed by atoms with Crippen LogP contribution in [0.1, 0.15) is 35.7 Å². The third-order valence-corrected chi connectivity index (χ3v) is 2.54. The maximum absolute atomic E-state index is 11.7. The molecule has 0 bridgehead atoms. The quantitative estimate of drug-likeness (QED) is 0.731. The minimum Gasteiger partial charge on any atom is -0.496 e. The maximum Gasteiger partial charge on any atom is 0.348 e. The Morgan fingerprint density at radius 3 is 2.94 bits per heavy atom. The number of benzene rings is 1. The van der Waals surface area contributed by atoms with Crippen LogP contribution in [-0.4, -0.2) is 13.1 Å². The lowest BCUT2D eigenvalue weighted by molar-refractivity contribution is 0.0712. The largest absolute Gasteiger partial charge is 0.496 e. The van der Waals surface area contributed by atoms with Crippen molar-refractivity contribution in [1.29, 1.82) is 0 Å². The molecule has 0 fully saturated rings. The van der Waals surface area contributed by atoms with Crippen LogP contribution >= 0.6 is 0 Å². The summed E-state index contributed by atoms with van der Waals surface area (Å²) >= 11 is 0. The van der Waals surface area contributed by atoms with Crippen molar-refractivity contribution in [1.82, 2.24) is 0 Å². The third-order valence-electron chi connectivity index (χ3n) is 2.54. The van der Waals surface area contributed by atoms with Crippen molar-refractivity contribution in [2.45, 2.75) is 19.8 Å². The number of fused-ring (bicyclic) bond motifs is 1. The van der Waals surface area contributed by atoms with Gasteiger partial charge in [0.2, 0.25) is 0 Å². The number of unbranched alkanes of at least 4 members (excludes halogenated alkanes) is 1. The number of ether oxygens (including phenoxy) is 2. The van der Waals surface area contributed by atoms with Crippen LogP contribution < -0.4 is 4.74 Å². The first kappa shape index (κ1) is 10.7. The van der Waals surface area contributed by atoms with E-state index in [1.165, 1.54) is 0 Å². The van der Waals surface area contributed by atoms with Crippen molar-refractivity contribution in [3.63, 3.8) is 0 Å². The average Bonchev–Trinajstić information content (AvgIpc) is 2.64. The first-order chi connectivity index (χ1) is 7.77. The molecule has 16 heavy (non-hydrogen) atoms. The summed E-state index contributed by atoms with van der Waals surface area (Å²) in [6, 6.07) is 5.51. The van der Waals surface area contributed by atoms with Crippen molar-refractivity contribution in [2.75, 3.05) is 7.11 Å². The molecule has 0 radical (unpaired) electrons. The molecule has 1 aliphatic rings. The van der Waals surface area contributed by atoms with Crippen molar-refractivity contribution in [2.24, 2.45) is 0 Å². The Morgan fingerprint density at radius 2 is 2.25 bits per heavy atom. The summed E-state index contributed by atoms with van der Waals surface area (Å²) in [7, 11) is 1.55. The van der Waals surface area contributed by atoms with E-state index in [4.69, 9.17) is 9.47 Å². The van der Waals surface area contributed by atoms with Gasteiger partial charge < -0.3 is 9.47 Å². The standard InChI is InChI=1S/C13H14O3/c1-3-4-7-10-9-6-5-8-11(15-2)12(9)13(14)16-10/h5-8H,3-4H2,1-2H3. The van der Waals surface area contributed by atoms with Crippen molar-refractivity contribution >= 4 is 11.7 Å². The molecular formula is C13H14O3. The molecular weight excluding hydrogens is 204 g/mol. The summed E-state index contributed by atoms with van der Waals surface area (Å²) in [6.07, 6.45) is 3.88. The average molecular weight is 218 g/mol. The summed E-state index contributed by atoms with van der Waals surface area (Å²) in [5, 5.41) is 0. The molecule has 0 aliphatic carbocycles. The van der Waals surface area contributed by atoms with E-state index in [2.05, 4.69) is 6.92 Å². The van der Waals surface area contributed by atoms with Crippen LogP contribution in [0.4, 0.5) is 0 Å². The van der Waals surface area contributed by atoms with E-state index >= 15 is 0 Å². The van der Waals surface area contributed by atoms with Gasteiger partial charge in [-0.25, -0.2) is 4.79 Å². The van der Waals surface area contributed by atoms with Gasteiger partial charge >= 0.3 is 5.97 Å². The Hall–Kier alpha value is -1.77. The van der Waals surface area contributed by atoms with Gasteiger partial charge in [-0.2, -0.15) is 0 Å². The molecule has 3 heteroatoms. The van der Waals surface area contributed by atoms with Crippen molar-refractivity contribution in [3.8, 4) is 5.75 Å². The van der Waals surface area contributed by atoms with Gasteiger partial charge in [0, 0.05) is 5.56 Å². The second-order valence-electron chi connectivity index (χ2n) is 3.63. The van der Waals surface area contributed by atoms with Gasteiger partial charge in [-0.3, -0.25) is 0 Å². The molecule has 84 valence electrons. The number of allylic oxidation sites excluding steroid dienone is 1. The summed E-state index contributed by atoms with van der Waals surface area (Å²) in [5.41, 5.74) is 1.37. The van der Waals surface area contributed by atoms with Gasteiger partial charge in [0.1, 0.15) is 17.1 Å². The van der Waals surface area contributed by atoms with Crippen LogP contribution in [0.5, 0.6) is 5.75 Å². The monoisotopic (exact) mass is 218 g/mol. The number of methoxy groups -OCH3 is 1. The van der Waals surface area contributed by atoms with Crippen LogP contribution in [0.25, 0.3) is 5.76 Å². The Bertz CT molecular complexity index is 446. The lowest BCUT2D eigenvalue weighted by Gasteiger charge is -2.02. The fourth-order valence-corrected chi connectivity index (χ4v) is 1.75. The van der Waals surface area contributed by atoms with E-state index in [0.29, 0.717) is 17.1 Å². The molecule has 0 saturated heterocycles. The molecule has 1 aliphatic heterocycles. The molecule has 1 heterocycles. The van der Waals surface area contributed by atoms with Crippen molar-refractivity contribution < 1.29 is 14.3 Å². The number of carbonyl (C=O) groups excluding carboxylic acids is 1. The molecule has 3 nitrogen and oxygen atoms in total. The molecule has 0 amide bonds. The van der Waals surface area contributed by atoms with Crippen LogP contribution in [0.3, 0.4) is 0 Å². The number of cyclic esters (lactones) is 1. The lowest BCUT2D eigenvalue weighted by Crippen LogP contribution is -1.97. The van der Waals surface area contributed by atoms with Crippen LogP contribution in [-0.2, 0) is 4.74 Å². The van der Waals surface area contributed by atoms with Gasteiger partial charge in [-0.05, 0) is 18.6 Å². The smallest absolute Gasteiger partial charge is 0.348 e.